The molecular formula is C6H28La3O10+2. The summed E-state index contributed by atoms with van der Waals surface area (Å²) < 4.78 is 0. The van der Waals surface area contributed by atoms with Gasteiger partial charge in [0.15, 0.2) is 0 Å². The van der Waals surface area contributed by atoms with Gasteiger partial charge in [0.05, 0.1) is 0 Å². The summed E-state index contributed by atoms with van der Waals surface area (Å²) in [6, 6.07) is 0. The minimum Gasteiger partial charge on any atom is -0.457 e. The molecule has 0 aromatic carbocycles. The van der Waals surface area contributed by atoms with E-state index in [-0.39, 0.29) is 129 Å². The summed E-state index contributed by atoms with van der Waals surface area (Å²) in [7, 11) is 0. The fourth-order valence-corrected chi connectivity index (χ4v) is 0. The summed E-state index contributed by atoms with van der Waals surface area (Å²) in [6.45, 7) is 3.83. The van der Waals surface area contributed by atoms with Crippen molar-refractivity contribution in [1.82, 2.24) is 0 Å². The molecule has 10 nitrogen and oxygen atoms in total. The molecule has 0 aliphatic rings. The van der Waals surface area contributed by atoms with E-state index in [1.165, 1.54) is 20.8 Å². The summed E-state index contributed by atoms with van der Waals surface area (Å²) in [5.41, 5.74) is 0. The molecule has 0 amide bonds. The van der Waals surface area contributed by atoms with Crippen LogP contribution in [-0.4, -0.2) is 60.5 Å². The van der Waals surface area contributed by atoms with E-state index in [0.717, 1.165) is 0 Å². The molecule has 0 spiro atoms. The quantitative estimate of drug-likeness (QED) is 0.108. The van der Waals surface area contributed by atoms with Gasteiger partial charge in [0, 0.05) is 107 Å². The zero-order chi connectivity index (χ0) is 10.7. The molecule has 13 heteroatoms. The van der Waals surface area contributed by atoms with Gasteiger partial charge in [-0.1, -0.05) is 0 Å². The Kier molecular flexibility index (Phi) is 205. The molecule has 0 fully saturated rings. The van der Waals surface area contributed by atoms with E-state index in [1.54, 1.807) is 0 Å². The first-order valence-electron chi connectivity index (χ1n) is 3.28. The predicted octanol–water partition coefficient (Wildman–Crippen LogP) is -5.54. The van der Waals surface area contributed by atoms with Crippen LogP contribution in [0.25, 0.3) is 0 Å². The van der Waals surface area contributed by atoms with Crippen LogP contribution < -0.4 is 0 Å². The van der Waals surface area contributed by atoms with E-state index in [0.29, 0.717) is 0 Å². The van der Waals surface area contributed by atoms with Gasteiger partial charge in [0.2, 0.25) is 0 Å². The second-order valence-electron chi connectivity index (χ2n) is 1.90. The van der Waals surface area contributed by atoms with Gasteiger partial charge < -0.3 is 52.5 Å². The Labute approximate surface area is 196 Å². The number of hydrogen-bond donors (Lipinski definition) is 6. The number of rotatable bonds is 0. The normalized spacial score (nSPS) is 5.68. The molecule has 19 heavy (non-hydrogen) atoms. The van der Waals surface area contributed by atoms with E-state index in [1.807, 2.05) is 0 Å². The number of aliphatic hydroxyl groups excluding tert-OH is 3. The van der Waals surface area contributed by atoms with Gasteiger partial charge in [-0.05, 0) is 20.8 Å². The van der Waals surface area contributed by atoms with Crippen molar-refractivity contribution in [3.05, 3.63) is 0 Å². The fraction of sp³-hybridized carbons (Fsp3) is 1.00. The molecule has 0 heterocycles. The largest absolute Gasteiger partial charge is 0.457 e. The molecule has 3 radical (unpaired) electrons. The number of hydrogen-bond acceptors (Lipinski definition) is 6. The number of aliphatic hydroxyl groups is 6. The van der Waals surface area contributed by atoms with Crippen molar-refractivity contribution < 1.29 is 159 Å². The SMILES string of the molecule is CC(O)O.CC(O)O.CC(O)O.O.O.[La].[La].[La].[OH3+].[OH3+]. The molecule has 0 aliphatic carbocycles. The smallest absolute Gasteiger partial charge is 0.148 e. The second kappa shape index (κ2) is 58.1. The Morgan fingerprint density at radius 1 is 0.474 bits per heavy atom. The summed E-state index contributed by atoms with van der Waals surface area (Å²) in [6.07, 6.45) is -3.50. The van der Waals surface area contributed by atoms with E-state index < -0.39 is 18.9 Å². The van der Waals surface area contributed by atoms with Gasteiger partial charge in [0.1, 0.15) is 18.9 Å². The fourth-order valence-electron chi connectivity index (χ4n) is 0. The van der Waals surface area contributed by atoms with E-state index in [4.69, 9.17) is 30.6 Å². The third-order valence-electron chi connectivity index (χ3n) is 0. The van der Waals surface area contributed by atoms with Crippen molar-refractivity contribution in [2.45, 2.75) is 39.6 Å². The zero-order valence-electron chi connectivity index (χ0n) is 11.3. The minimum absolute atomic E-state index is 0. The molecule has 0 aromatic heterocycles. The summed E-state index contributed by atoms with van der Waals surface area (Å²) >= 11 is 0. The summed E-state index contributed by atoms with van der Waals surface area (Å²) in [5, 5.41) is 45.7. The Morgan fingerprint density at radius 2 is 0.474 bits per heavy atom. The van der Waals surface area contributed by atoms with Gasteiger partial charge in [-0.3, -0.25) is 0 Å². The van der Waals surface area contributed by atoms with Crippen LogP contribution in [0.2, 0.25) is 0 Å². The van der Waals surface area contributed by atoms with Crippen LogP contribution in [0.3, 0.4) is 0 Å². The molecule has 119 valence electrons. The third kappa shape index (κ3) is 769. The van der Waals surface area contributed by atoms with Crippen LogP contribution in [0.5, 0.6) is 0 Å². The van der Waals surface area contributed by atoms with Gasteiger partial charge in [-0.15, -0.1) is 0 Å². The van der Waals surface area contributed by atoms with Crippen molar-refractivity contribution >= 4 is 0 Å². The van der Waals surface area contributed by atoms with Crippen LogP contribution in [0, 0.1) is 107 Å². The Morgan fingerprint density at radius 3 is 0.474 bits per heavy atom. The summed E-state index contributed by atoms with van der Waals surface area (Å²) in [4.78, 5) is 0. The standard InChI is InChI=1S/3C2H6O2.3La.4H2O/c3*1-2(3)4;;;;;;;/h3*2-4H,1H3;;;;4*1H2/p+2. The molecule has 0 aromatic rings. The van der Waals surface area contributed by atoms with Crippen molar-refractivity contribution in [2.24, 2.45) is 0 Å². The Hall–Kier alpha value is 3.18. The van der Waals surface area contributed by atoms with Crippen molar-refractivity contribution in [2.75, 3.05) is 0 Å². The average Bonchev–Trinajstić information content (AvgIpc) is 1.54. The van der Waals surface area contributed by atoms with Gasteiger partial charge in [-0.25, -0.2) is 0 Å². The van der Waals surface area contributed by atoms with E-state index in [2.05, 4.69) is 0 Å². The topological polar surface area (TPSA) is 250 Å². The minimum atomic E-state index is -1.17. The monoisotopic (exact) mass is 677 g/mol. The first kappa shape index (κ1) is 67.1. The molecule has 0 rings (SSSR count). The molecule has 0 unspecified atom stereocenters. The molecule has 16 N–H and O–H groups in total. The first-order valence-corrected chi connectivity index (χ1v) is 3.28. The molecule has 0 aliphatic heterocycles. The van der Waals surface area contributed by atoms with Crippen molar-refractivity contribution in [3.63, 3.8) is 0 Å². The predicted molar refractivity (Wildman–Crippen MR) is 58.7 cm³/mol. The van der Waals surface area contributed by atoms with E-state index >= 15 is 0 Å². The van der Waals surface area contributed by atoms with Crippen LogP contribution in [0.4, 0.5) is 0 Å². The van der Waals surface area contributed by atoms with Gasteiger partial charge >= 0.3 is 0 Å². The Bertz CT molecular complexity index is 55.8. The maximum atomic E-state index is 7.61. The second-order valence-corrected chi connectivity index (χ2v) is 1.90. The molecule has 0 atom stereocenters. The maximum Gasteiger partial charge on any atom is 0.148 e. The van der Waals surface area contributed by atoms with Crippen molar-refractivity contribution in [1.29, 1.82) is 0 Å². The van der Waals surface area contributed by atoms with Crippen molar-refractivity contribution in [3.8, 4) is 0 Å². The van der Waals surface area contributed by atoms with Gasteiger partial charge in [0.25, 0.3) is 0 Å². The van der Waals surface area contributed by atoms with Crippen LogP contribution in [0.15, 0.2) is 0 Å². The van der Waals surface area contributed by atoms with Crippen LogP contribution in [-0.2, 0) is 11.0 Å². The molecular weight excluding hydrogens is 649 g/mol. The van der Waals surface area contributed by atoms with E-state index in [9.17, 15) is 0 Å². The van der Waals surface area contributed by atoms with Crippen LogP contribution in [0.1, 0.15) is 20.8 Å². The molecule has 0 saturated heterocycles. The van der Waals surface area contributed by atoms with Gasteiger partial charge in [-0.2, -0.15) is 0 Å². The third-order valence-corrected chi connectivity index (χ3v) is 0. The molecule has 0 bridgehead atoms. The summed E-state index contributed by atoms with van der Waals surface area (Å²) in [5.74, 6) is 0. The zero-order valence-corrected chi connectivity index (χ0v) is 22.2. The first-order chi connectivity index (χ1) is 5.20. The maximum absolute atomic E-state index is 7.61. The molecule has 0 saturated carbocycles. The van der Waals surface area contributed by atoms with Crippen LogP contribution >= 0.6 is 0 Å². The Balaban J connectivity index is -0.00000000675. The average molecular weight is 677 g/mol.